The van der Waals surface area contributed by atoms with E-state index < -0.39 is 0 Å². The Kier molecular flexibility index (Phi) is 9.66. The van der Waals surface area contributed by atoms with Crippen LogP contribution >= 0.6 is 24.0 Å². The number of hydrogen-bond donors (Lipinski definition) is 2. The first-order valence-electron chi connectivity index (χ1n) is 8.79. The highest BCUT2D eigenvalue weighted by Crippen LogP contribution is 2.40. The molecule has 0 aliphatic heterocycles. The molecule has 0 bridgehead atoms. The zero-order valence-electron chi connectivity index (χ0n) is 15.3. The SMILES string of the molecule is CCOC(CCNC(=NC)NC1CC1c1ccccc1)C(C)C.I. The third-order valence-corrected chi connectivity index (χ3v) is 4.41. The monoisotopic (exact) mass is 445 g/mol. The van der Waals surface area contributed by atoms with Crippen LogP contribution in [0.2, 0.25) is 0 Å². The third kappa shape index (κ3) is 6.59. The van der Waals surface area contributed by atoms with Crippen LogP contribution in [0, 0.1) is 5.92 Å². The van der Waals surface area contributed by atoms with E-state index in [9.17, 15) is 0 Å². The van der Waals surface area contributed by atoms with E-state index in [0.717, 1.165) is 25.5 Å². The third-order valence-electron chi connectivity index (χ3n) is 4.41. The van der Waals surface area contributed by atoms with Gasteiger partial charge in [-0.2, -0.15) is 0 Å². The lowest BCUT2D eigenvalue weighted by molar-refractivity contribution is 0.0258. The maximum atomic E-state index is 5.79. The molecule has 1 fully saturated rings. The van der Waals surface area contributed by atoms with Crippen LogP contribution in [0.1, 0.15) is 45.1 Å². The quantitative estimate of drug-likeness (QED) is 0.364. The van der Waals surface area contributed by atoms with Crippen molar-refractivity contribution in [2.24, 2.45) is 10.9 Å². The molecule has 0 saturated heterocycles. The molecule has 5 heteroatoms. The van der Waals surface area contributed by atoms with E-state index in [2.05, 4.69) is 66.7 Å². The summed E-state index contributed by atoms with van der Waals surface area (Å²) in [4.78, 5) is 4.34. The van der Waals surface area contributed by atoms with E-state index in [-0.39, 0.29) is 24.0 Å². The van der Waals surface area contributed by atoms with Gasteiger partial charge in [0.2, 0.25) is 0 Å². The van der Waals surface area contributed by atoms with Gasteiger partial charge in [0.15, 0.2) is 5.96 Å². The van der Waals surface area contributed by atoms with Gasteiger partial charge in [0.1, 0.15) is 0 Å². The summed E-state index contributed by atoms with van der Waals surface area (Å²) >= 11 is 0. The van der Waals surface area contributed by atoms with Crippen molar-refractivity contribution >= 4 is 29.9 Å². The molecule has 0 amide bonds. The van der Waals surface area contributed by atoms with Crippen molar-refractivity contribution in [3.05, 3.63) is 35.9 Å². The molecule has 1 aromatic rings. The Balaban J connectivity index is 0.00000288. The molecule has 2 N–H and O–H groups in total. The molecule has 0 radical (unpaired) electrons. The summed E-state index contributed by atoms with van der Waals surface area (Å²) in [5.41, 5.74) is 1.41. The second-order valence-corrected chi connectivity index (χ2v) is 6.53. The Morgan fingerprint density at radius 1 is 1.29 bits per heavy atom. The second kappa shape index (κ2) is 10.9. The predicted molar refractivity (Wildman–Crippen MR) is 112 cm³/mol. The van der Waals surface area contributed by atoms with Crippen LogP contribution in [-0.2, 0) is 4.74 Å². The van der Waals surface area contributed by atoms with Crippen LogP contribution in [0.4, 0.5) is 0 Å². The summed E-state index contributed by atoms with van der Waals surface area (Å²) in [6.45, 7) is 8.13. The van der Waals surface area contributed by atoms with Crippen LogP contribution in [0.15, 0.2) is 35.3 Å². The zero-order valence-corrected chi connectivity index (χ0v) is 17.6. The fourth-order valence-corrected chi connectivity index (χ4v) is 2.95. The largest absolute Gasteiger partial charge is 0.378 e. The maximum absolute atomic E-state index is 5.79. The predicted octanol–water partition coefficient (Wildman–Crippen LogP) is 3.78. The average molecular weight is 445 g/mol. The number of rotatable bonds is 8. The highest BCUT2D eigenvalue weighted by Gasteiger charge is 2.38. The molecular weight excluding hydrogens is 413 g/mol. The summed E-state index contributed by atoms with van der Waals surface area (Å²) in [6, 6.07) is 11.2. The lowest BCUT2D eigenvalue weighted by atomic mass is 10.0. The number of halogens is 1. The maximum Gasteiger partial charge on any atom is 0.191 e. The number of nitrogens with one attached hydrogen (secondary N) is 2. The zero-order chi connectivity index (χ0) is 16.7. The number of nitrogens with zero attached hydrogens (tertiary/aromatic N) is 1. The average Bonchev–Trinajstić information content (AvgIpc) is 3.33. The molecule has 4 nitrogen and oxygen atoms in total. The van der Waals surface area contributed by atoms with E-state index in [1.807, 2.05) is 7.05 Å². The Labute approximate surface area is 163 Å². The molecule has 1 aromatic carbocycles. The van der Waals surface area contributed by atoms with Gasteiger partial charge in [-0.15, -0.1) is 24.0 Å². The fraction of sp³-hybridized carbons (Fsp3) is 0.632. The van der Waals surface area contributed by atoms with E-state index in [0.29, 0.717) is 24.0 Å². The lowest BCUT2D eigenvalue weighted by Gasteiger charge is -2.21. The highest BCUT2D eigenvalue weighted by atomic mass is 127. The highest BCUT2D eigenvalue weighted by molar-refractivity contribution is 14.0. The summed E-state index contributed by atoms with van der Waals surface area (Å²) in [5.74, 6) is 2.05. The van der Waals surface area contributed by atoms with E-state index in [1.54, 1.807) is 0 Å². The van der Waals surface area contributed by atoms with Crippen LogP contribution < -0.4 is 10.6 Å². The lowest BCUT2D eigenvalue weighted by Crippen LogP contribution is -2.40. The molecule has 1 aliphatic carbocycles. The standard InChI is InChI=1S/C19H31N3O.HI/c1-5-23-18(14(2)3)11-12-21-19(20-4)22-17-13-16(17)15-9-7-6-8-10-15;/h6-10,14,16-18H,5,11-13H2,1-4H3,(H2,20,21,22);1H. The Bertz CT molecular complexity index is 493. The molecule has 1 saturated carbocycles. The topological polar surface area (TPSA) is 45.6 Å². The van der Waals surface area contributed by atoms with Crippen molar-refractivity contribution in [1.29, 1.82) is 0 Å². The van der Waals surface area contributed by atoms with E-state index >= 15 is 0 Å². The number of benzene rings is 1. The van der Waals surface area contributed by atoms with Gasteiger partial charge in [-0.1, -0.05) is 44.2 Å². The molecule has 3 unspecified atom stereocenters. The molecule has 1 aliphatic rings. The summed E-state index contributed by atoms with van der Waals surface area (Å²) in [6.07, 6.45) is 2.49. The van der Waals surface area contributed by atoms with Gasteiger partial charge in [0.05, 0.1) is 6.10 Å². The number of hydrogen-bond acceptors (Lipinski definition) is 2. The molecule has 136 valence electrons. The van der Waals surface area contributed by atoms with Gasteiger partial charge >= 0.3 is 0 Å². The summed E-state index contributed by atoms with van der Waals surface area (Å²) < 4.78 is 5.79. The van der Waals surface area contributed by atoms with Crippen LogP contribution in [-0.4, -0.2) is 38.3 Å². The fourth-order valence-electron chi connectivity index (χ4n) is 2.95. The van der Waals surface area contributed by atoms with Crippen molar-refractivity contribution in [3.8, 4) is 0 Å². The molecular formula is C19H32IN3O. The minimum atomic E-state index is 0. The normalized spacial score (nSPS) is 21.1. The van der Waals surface area contributed by atoms with Crippen molar-refractivity contribution in [1.82, 2.24) is 10.6 Å². The van der Waals surface area contributed by atoms with Crippen molar-refractivity contribution in [2.45, 2.75) is 51.7 Å². The number of ether oxygens (including phenoxy) is 1. The first-order valence-corrected chi connectivity index (χ1v) is 8.79. The first kappa shape index (κ1) is 21.2. The Morgan fingerprint density at radius 2 is 2.00 bits per heavy atom. The van der Waals surface area contributed by atoms with Gasteiger partial charge in [0, 0.05) is 32.2 Å². The van der Waals surface area contributed by atoms with Gasteiger partial charge in [-0.25, -0.2) is 0 Å². The Morgan fingerprint density at radius 3 is 2.58 bits per heavy atom. The molecule has 24 heavy (non-hydrogen) atoms. The minimum Gasteiger partial charge on any atom is -0.378 e. The first-order chi connectivity index (χ1) is 11.2. The van der Waals surface area contributed by atoms with E-state index in [4.69, 9.17) is 4.74 Å². The van der Waals surface area contributed by atoms with Gasteiger partial charge in [0.25, 0.3) is 0 Å². The van der Waals surface area contributed by atoms with Crippen molar-refractivity contribution in [2.75, 3.05) is 20.2 Å². The van der Waals surface area contributed by atoms with Crippen molar-refractivity contribution in [3.63, 3.8) is 0 Å². The molecule has 2 rings (SSSR count). The van der Waals surface area contributed by atoms with Gasteiger partial charge < -0.3 is 15.4 Å². The van der Waals surface area contributed by atoms with Crippen LogP contribution in [0.3, 0.4) is 0 Å². The van der Waals surface area contributed by atoms with Crippen LogP contribution in [0.25, 0.3) is 0 Å². The molecule has 0 spiro atoms. The number of aliphatic imine (C=N–C) groups is 1. The minimum absolute atomic E-state index is 0. The summed E-state index contributed by atoms with van der Waals surface area (Å²) in [7, 11) is 1.83. The molecule has 3 atom stereocenters. The Hall–Kier alpha value is -0.820. The van der Waals surface area contributed by atoms with Gasteiger partial charge in [-0.3, -0.25) is 4.99 Å². The molecule has 0 aromatic heterocycles. The second-order valence-electron chi connectivity index (χ2n) is 6.53. The smallest absolute Gasteiger partial charge is 0.191 e. The van der Waals surface area contributed by atoms with Crippen LogP contribution in [0.5, 0.6) is 0 Å². The van der Waals surface area contributed by atoms with E-state index in [1.165, 1.54) is 12.0 Å². The van der Waals surface area contributed by atoms with Crippen molar-refractivity contribution < 1.29 is 4.74 Å². The molecule has 0 heterocycles. The summed E-state index contributed by atoms with van der Waals surface area (Å²) in [5, 5.41) is 6.94. The number of guanidine groups is 1. The van der Waals surface area contributed by atoms with Gasteiger partial charge in [-0.05, 0) is 31.2 Å².